The number of thioether (sulfide) groups is 1. The van der Waals surface area contributed by atoms with Crippen LogP contribution in [0.25, 0.3) is 17.1 Å². The number of rotatable bonds is 11. The quantitative estimate of drug-likeness (QED) is 0.167. The molecule has 0 unspecified atom stereocenters. The van der Waals surface area contributed by atoms with E-state index >= 15 is 0 Å². The number of hydrogen-bond acceptors (Lipinski definition) is 8. The lowest BCUT2D eigenvalue weighted by Crippen LogP contribution is -2.20. The zero-order chi connectivity index (χ0) is 26.9. The van der Waals surface area contributed by atoms with Crippen LogP contribution in [-0.4, -0.2) is 53.5 Å². The Morgan fingerprint density at radius 2 is 1.76 bits per heavy atom. The van der Waals surface area contributed by atoms with Gasteiger partial charge in [-0.2, -0.15) is 5.10 Å². The molecule has 9 nitrogen and oxygen atoms in total. The smallest absolute Gasteiger partial charge is 0.250 e. The zero-order valence-electron chi connectivity index (χ0n) is 21.7. The van der Waals surface area contributed by atoms with Gasteiger partial charge in [0.05, 0.1) is 32.8 Å². The second kappa shape index (κ2) is 12.8. The van der Waals surface area contributed by atoms with E-state index < -0.39 is 0 Å². The van der Waals surface area contributed by atoms with Gasteiger partial charge in [0, 0.05) is 11.3 Å². The minimum atomic E-state index is -0.270. The molecule has 0 spiro atoms. The number of methoxy groups -OCH3 is 2. The van der Waals surface area contributed by atoms with Crippen LogP contribution in [0.1, 0.15) is 18.1 Å². The van der Waals surface area contributed by atoms with Crippen LogP contribution in [0.4, 0.5) is 0 Å². The average Bonchev–Trinajstić information content (AvgIpc) is 3.37. The third-order valence-electron chi connectivity index (χ3n) is 5.50. The first-order valence-corrected chi connectivity index (χ1v) is 12.9. The Morgan fingerprint density at radius 3 is 2.45 bits per heavy atom. The summed E-state index contributed by atoms with van der Waals surface area (Å²) in [5, 5.41) is 13.5. The van der Waals surface area contributed by atoms with Crippen LogP contribution in [0.15, 0.2) is 77.0 Å². The summed E-state index contributed by atoms with van der Waals surface area (Å²) in [7, 11) is 3.20. The largest absolute Gasteiger partial charge is 0.497 e. The van der Waals surface area contributed by atoms with Crippen molar-refractivity contribution >= 4 is 23.9 Å². The minimum Gasteiger partial charge on any atom is -0.497 e. The van der Waals surface area contributed by atoms with E-state index in [-0.39, 0.29) is 11.7 Å². The molecule has 4 rings (SSSR count). The van der Waals surface area contributed by atoms with Crippen molar-refractivity contribution in [3.63, 3.8) is 0 Å². The fourth-order valence-electron chi connectivity index (χ4n) is 3.60. The van der Waals surface area contributed by atoms with Crippen molar-refractivity contribution in [1.29, 1.82) is 0 Å². The molecule has 3 aromatic carbocycles. The number of aryl methyl sites for hydroxylation is 1. The summed E-state index contributed by atoms with van der Waals surface area (Å²) in [4.78, 5) is 12.5. The molecule has 0 fully saturated rings. The number of ether oxygens (including phenoxy) is 3. The molecular weight excluding hydrogens is 502 g/mol. The van der Waals surface area contributed by atoms with Gasteiger partial charge in [-0.25, -0.2) is 5.43 Å². The van der Waals surface area contributed by atoms with Crippen LogP contribution < -0.4 is 19.6 Å². The van der Waals surface area contributed by atoms with Crippen LogP contribution in [0.5, 0.6) is 17.2 Å². The summed E-state index contributed by atoms with van der Waals surface area (Å²) in [6.45, 7) is 4.48. The standard InChI is InChI=1S/C28H29N5O4S/c1-5-37-24-15-8-20(16-25(24)36-4)17-29-30-26(34)18-38-28-32-31-27(21-9-13-23(35-3)14-10-21)33(28)22-11-6-19(2)7-12-22/h6-17H,5,18H2,1-4H3,(H,30,34)/b29-17+. The number of carbonyl (C=O) groups excluding carboxylic acids is 1. The second-order valence-corrected chi connectivity index (χ2v) is 9.07. The van der Waals surface area contributed by atoms with Crippen LogP contribution in [0, 0.1) is 6.92 Å². The van der Waals surface area contributed by atoms with E-state index in [1.54, 1.807) is 32.6 Å². The van der Waals surface area contributed by atoms with Gasteiger partial charge in [-0.15, -0.1) is 10.2 Å². The van der Waals surface area contributed by atoms with E-state index in [0.717, 1.165) is 28.1 Å². The van der Waals surface area contributed by atoms with Crippen molar-refractivity contribution in [3.05, 3.63) is 77.9 Å². The number of hydrazone groups is 1. The first kappa shape index (κ1) is 26.7. The maximum atomic E-state index is 12.5. The highest BCUT2D eigenvalue weighted by molar-refractivity contribution is 7.99. The molecule has 1 aromatic heterocycles. The number of benzene rings is 3. The molecular formula is C28H29N5O4S. The number of aromatic nitrogens is 3. The summed E-state index contributed by atoms with van der Waals surface area (Å²) in [6, 6.07) is 21.1. The van der Waals surface area contributed by atoms with E-state index in [1.807, 2.05) is 73.0 Å². The van der Waals surface area contributed by atoms with Crippen molar-refractivity contribution < 1.29 is 19.0 Å². The zero-order valence-corrected chi connectivity index (χ0v) is 22.5. The third-order valence-corrected chi connectivity index (χ3v) is 6.43. The Bertz CT molecular complexity index is 1400. The van der Waals surface area contributed by atoms with E-state index in [0.29, 0.717) is 29.1 Å². The van der Waals surface area contributed by atoms with Crippen molar-refractivity contribution in [1.82, 2.24) is 20.2 Å². The molecule has 0 atom stereocenters. The van der Waals surface area contributed by atoms with Crippen molar-refractivity contribution in [2.75, 3.05) is 26.6 Å². The number of amides is 1. The van der Waals surface area contributed by atoms with Crippen LogP contribution >= 0.6 is 11.8 Å². The highest BCUT2D eigenvalue weighted by Crippen LogP contribution is 2.29. The molecule has 38 heavy (non-hydrogen) atoms. The monoisotopic (exact) mass is 531 g/mol. The molecule has 1 N–H and O–H groups in total. The van der Waals surface area contributed by atoms with E-state index in [9.17, 15) is 4.79 Å². The predicted octanol–water partition coefficient (Wildman–Crippen LogP) is 4.90. The molecule has 0 aliphatic carbocycles. The first-order valence-electron chi connectivity index (χ1n) is 11.9. The maximum Gasteiger partial charge on any atom is 0.250 e. The van der Waals surface area contributed by atoms with Gasteiger partial charge in [0.1, 0.15) is 5.75 Å². The van der Waals surface area contributed by atoms with E-state index in [2.05, 4.69) is 20.7 Å². The summed E-state index contributed by atoms with van der Waals surface area (Å²) < 4.78 is 18.1. The van der Waals surface area contributed by atoms with E-state index in [4.69, 9.17) is 14.2 Å². The lowest BCUT2D eigenvalue weighted by molar-refractivity contribution is -0.118. The fraction of sp³-hybridized carbons (Fsp3) is 0.214. The Labute approximate surface area is 225 Å². The molecule has 1 heterocycles. The van der Waals surface area contributed by atoms with Crippen molar-refractivity contribution in [2.24, 2.45) is 5.10 Å². The number of carbonyl (C=O) groups is 1. The number of nitrogens with one attached hydrogen (secondary N) is 1. The fourth-order valence-corrected chi connectivity index (χ4v) is 4.34. The molecule has 0 saturated heterocycles. The van der Waals surface area contributed by atoms with Gasteiger partial charge in [-0.05, 0) is 74.0 Å². The summed E-state index contributed by atoms with van der Waals surface area (Å²) in [5.41, 5.74) is 6.25. The molecule has 0 radical (unpaired) electrons. The highest BCUT2D eigenvalue weighted by Gasteiger charge is 2.17. The SMILES string of the molecule is CCOc1ccc(/C=N/NC(=O)CSc2nnc(-c3ccc(OC)cc3)n2-c2ccc(C)cc2)cc1OC. The topological polar surface area (TPSA) is 99.9 Å². The maximum absolute atomic E-state index is 12.5. The average molecular weight is 532 g/mol. The summed E-state index contributed by atoms with van der Waals surface area (Å²) in [6.07, 6.45) is 1.55. The molecule has 196 valence electrons. The summed E-state index contributed by atoms with van der Waals surface area (Å²) in [5.74, 6) is 2.51. The Morgan fingerprint density at radius 1 is 1.00 bits per heavy atom. The third kappa shape index (κ3) is 6.51. The first-order chi connectivity index (χ1) is 18.5. The van der Waals surface area contributed by atoms with Gasteiger partial charge in [0.15, 0.2) is 22.5 Å². The Kier molecular flexibility index (Phi) is 8.99. The lowest BCUT2D eigenvalue weighted by Gasteiger charge is -2.11. The second-order valence-electron chi connectivity index (χ2n) is 8.13. The molecule has 4 aromatic rings. The molecule has 0 aliphatic rings. The van der Waals surface area contributed by atoms with Crippen molar-refractivity contribution in [2.45, 2.75) is 19.0 Å². The van der Waals surface area contributed by atoms with Crippen LogP contribution in [0.3, 0.4) is 0 Å². The number of nitrogens with zero attached hydrogens (tertiary/aromatic N) is 4. The van der Waals surface area contributed by atoms with Gasteiger partial charge in [0.25, 0.3) is 5.91 Å². The Hall–Kier alpha value is -4.31. The number of hydrogen-bond donors (Lipinski definition) is 1. The highest BCUT2D eigenvalue weighted by atomic mass is 32.2. The lowest BCUT2D eigenvalue weighted by atomic mass is 10.2. The van der Waals surface area contributed by atoms with Crippen LogP contribution in [0.2, 0.25) is 0 Å². The normalized spacial score (nSPS) is 10.9. The molecule has 10 heteroatoms. The van der Waals surface area contributed by atoms with Crippen molar-refractivity contribution in [3.8, 4) is 34.3 Å². The van der Waals surface area contributed by atoms with E-state index in [1.165, 1.54) is 11.8 Å². The van der Waals surface area contributed by atoms with Crippen LogP contribution in [-0.2, 0) is 4.79 Å². The van der Waals surface area contributed by atoms with Gasteiger partial charge < -0.3 is 14.2 Å². The Balaban J connectivity index is 1.47. The molecule has 0 bridgehead atoms. The molecule has 0 aliphatic heterocycles. The van der Waals surface area contributed by atoms with Gasteiger partial charge in [-0.3, -0.25) is 9.36 Å². The van der Waals surface area contributed by atoms with Gasteiger partial charge in [0.2, 0.25) is 0 Å². The molecule has 0 saturated carbocycles. The predicted molar refractivity (Wildman–Crippen MR) is 149 cm³/mol. The molecule has 1 amide bonds. The minimum absolute atomic E-state index is 0.108. The van der Waals surface area contributed by atoms with Gasteiger partial charge >= 0.3 is 0 Å². The summed E-state index contributed by atoms with van der Waals surface area (Å²) >= 11 is 1.28. The van der Waals surface area contributed by atoms with Gasteiger partial charge in [-0.1, -0.05) is 29.5 Å².